The number of thioether (sulfide) groups is 1. The summed E-state index contributed by atoms with van der Waals surface area (Å²) in [6.07, 6.45) is -4.33. The number of sulfonamides is 1. The highest BCUT2D eigenvalue weighted by Gasteiger charge is 2.31. The van der Waals surface area contributed by atoms with E-state index in [2.05, 4.69) is 9.46 Å². The molecule has 0 heterocycles. The standard InChI is InChI=1S/C16H13F3N2O3S2/c1-2-11-9-13(25-10-20)5-8-15(11)21-26(22,23)14-6-3-12(4-7-14)24-16(17,18)19/h3-9,21H,2H2,1H3. The van der Waals surface area contributed by atoms with Crippen LogP contribution in [0, 0.1) is 10.7 Å². The van der Waals surface area contributed by atoms with Gasteiger partial charge in [0.2, 0.25) is 0 Å². The first-order valence-electron chi connectivity index (χ1n) is 7.22. The lowest BCUT2D eigenvalue weighted by Crippen LogP contribution is -2.17. The maximum absolute atomic E-state index is 12.4. The maximum Gasteiger partial charge on any atom is 0.573 e. The average Bonchev–Trinajstić information content (AvgIpc) is 2.55. The molecule has 26 heavy (non-hydrogen) atoms. The number of benzene rings is 2. The molecular weight excluding hydrogens is 389 g/mol. The summed E-state index contributed by atoms with van der Waals surface area (Å²) in [5, 5.41) is 10.6. The van der Waals surface area contributed by atoms with E-state index in [0.717, 1.165) is 36.0 Å². The third-order valence-corrected chi connectivity index (χ3v) is 5.20. The molecule has 2 rings (SSSR count). The molecule has 0 amide bonds. The Balaban J connectivity index is 2.25. The van der Waals surface area contributed by atoms with Crippen LogP contribution >= 0.6 is 11.8 Å². The Morgan fingerprint density at radius 1 is 1.19 bits per heavy atom. The number of aryl methyl sites for hydroxylation is 1. The predicted octanol–water partition coefficient (Wildman–Crippen LogP) is 4.52. The van der Waals surface area contributed by atoms with E-state index >= 15 is 0 Å². The molecule has 10 heteroatoms. The van der Waals surface area contributed by atoms with Gasteiger partial charge in [-0.25, -0.2) is 8.42 Å². The molecule has 0 aliphatic rings. The van der Waals surface area contributed by atoms with Crippen LogP contribution in [-0.2, 0) is 16.4 Å². The van der Waals surface area contributed by atoms with Crippen molar-refractivity contribution in [2.45, 2.75) is 29.5 Å². The third-order valence-electron chi connectivity index (χ3n) is 3.23. The van der Waals surface area contributed by atoms with E-state index in [0.29, 0.717) is 22.6 Å². The minimum atomic E-state index is -4.85. The molecule has 0 aliphatic heterocycles. The van der Waals surface area contributed by atoms with Crippen molar-refractivity contribution in [2.24, 2.45) is 0 Å². The molecule has 2 aromatic carbocycles. The number of halogens is 3. The number of thiocyanates is 1. The SMILES string of the molecule is CCc1cc(SC#N)ccc1NS(=O)(=O)c1ccc(OC(F)(F)F)cc1. The first-order chi connectivity index (χ1) is 12.1. The fraction of sp³-hybridized carbons (Fsp3) is 0.188. The highest BCUT2D eigenvalue weighted by molar-refractivity contribution is 8.03. The van der Waals surface area contributed by atoms with Crippen molar-refractivity contribution >= 4 is 27.5 Å². The van der Waals surface area contributed by atoms with E-state index in [1.807, 2.05) is 12.3 Å². The highest BCUT2D eigenvalue weighted by Crippen LogP contribution is 2.28. The van der Waals surface area contributed by atoms with Gasteiger partial charge in [0.15, 0.2) is 0 Å². The van der Waals surface area contributed by atoms with Crippen LogP contribution in [0.3, 0.4) is 0 Å². The number of nitriles is 1. The molecule has 0 saturated carbocycles. The van der Waals surface area contributed by atoms with Crippen molar-refractivity contribution < 1.29 is 26.3 Å². The molecule has 0 saturated heterocycles. The Labute approximate surface area is 152 Å². The Morgan fingerprint density at radius 3 is 2.38 bits per heavy atom. The topological polar surface area (TPSA) is 79.2 Å². The Morgan fingerprint density at radius 2 is 1.85 bits per heavy atom. The monoisotopic (exact) mass is 402 g/mol. The van der Waals surface area contributed by atoms with Gasteiger partial charge >= 0.3 is 6.36 Å². The Hall–Kier alpha value is -2.38. The number of nitrogens with one attached hydrogen (secondary N) is 1. The minimum absolute atomic E-state index is 0.204. The minimum Gasteiger partial charge on any atom is -0.406 e. The number of ether oxygens (including phenoxy) is 1. The second-order valence-electron chi connectivity index (χ2n) is 4.99. The number of hydrogen-bond acceptors (Lipinski definition) is 5. The van der Waals surface area contributed by atoms with Gasteiger partial charge in [0.25, 0.3) is 10.0 Å². The summed E-state index contributed by atoms with van der Waals surface area (Å²) >= 11 is 0.956. The quantitative estimate of drug-likeness (QED) is 0.568. The van der Waals surface area contributed by atoms with Crippen molar-refractivity contribution in [2.75, 3.05) is 4.72 Å². The van der Waals surface area contributed by atoms with Crippen LogP contribution in [0.4, 0.5) is 18.9 Å². The summed E-state index contributed by atoms with van der Waals surface area (Å²) in [6.45, 7) is 1.83. The summed E-state index contributed by atoms with van der Waals surface area (Å²) in [6, 6.07) is 8.74. The van der Waals surface area contributed by atoms with Crippen LogP contribution in [-0.4, -0.2) is 14.8 Å². The van der Waals surface area contributed by atoms with Crippen LogP contribution < -0.4 is 9.46 Å². The summed E-state index contributed by atoms with van der Waals surface area (Å²) in [7, 11) is -3.99. The molecule has 0 atom stereocenters. The van der Waals surface area contributed by atoms with E-state index in [4.69, 9.17) is 5.26 Å². The van der Waals surface area contributed by atoms with E-state index in [-0.39, 0.29) is 4.90 Å². The first kappa shape index (κ1) is 19.9. The molecule has 138 valence electrons. The number of alkyl halides is 3. The number of rotatable bonds is 6. The largest absolute Gasteiger partial charge is 0.573 e. The smallest absolute Gasteiger partial charge is 0.406 e. The van der Waals surface area contributed by atoms with Gasteiger partial charge < -0.3 is 4.74 Å². The van der Waals surface area contributed by atoms with Gasteiger partial charge in [-0.05, 0) is 66.2 Å². The number of anilines is 1. The van der Waals surface area contributed by atoms with Crippen molar-refractivity contribution in [1.29, 1.82) is 5.26 Å². The molecule has 2 aromatic rings. The van der Waals surface area contributed by atoms with Crippen molar-refractivity contribution in [3.8, 4) is 11.2 Å². The highest BCUT2D eigenvalue weighted by atomic mass is 32.2. The van der Waals surface area contributed by atoms with E-state index in [1.54, 1.807) is 12.1 Å². The van der Waals surface area contributed by atoms with Gasteiger partial charge in [-0.1, -0.05) is 6.92 Å². The third kappa shape index (κ3) is 5.31. The lowest BCUT2D eigenvalue weighted by molar-refractivity contribution is -0.274. The fourth-order valence-electron chi connectivity index (χ4n) is 2.10. The zero-order valence-electron chi connectivity index (χ0n) is 13.4. The summed E-state index contributed by atoms with van der Waals surface area (Å²) in [5.74, 6) is -0.511. The molecule has 0 radical (unpaired) electrons. The molecule has 0 fully saturated rings. The van der Waals surface area contributed by atoms with Gasteiger partial charge in [-0.15, -0.1) is 13.2 Å². The van der Waals surface area contributed by atoms with E-state index in [1.165, 1.54) is 6.07 Å². The van der Waals surface area contributed by atoms with E-state index in [9.17, 15) is 21.6 Å². The maximum atomic E-state index is 12.4. The molecular formula is C16H13F3N2O3S2. The van der Waals surface area contributed by atoms with Crippen LogP contribution in [0.25, 0.3) is 0 Å². The fourth-order valence-corrected chi connectivity index (χ4v) is 3.65. The summed E-state index contributed by atoms with van der Waals surface area (Å²) in [4.78, 5) is 0.477. The summed E-state index contributed by atoms with van der Waals surface area (Å²) in [5.41, 5.74) is 1.02. The summed E-state index contributed by atoms with van der Waals surface area (Å²) < 4.78 is 67.5. The molecule has 5 nitrogen and oxygen atoms in total. The van der Waals surface area contributed by atoms with Crippen LogP contribution in [0.15, 0.2) is 52.3 Å². The molecule has 0 aromatic heterocycles. The van der Waals surface area contributed by atoms with Gasteiger partial charge in [0.1, 0.15) is 11.2 Å². The Bertz CT molecular complexity index is 921. The first-order valence-corrected chi connectivity index (χ1v) is 9.52. The number of nitrogens with zero attached hydrogens (tertiary/aromatic N) is 1. The van der Waals surface area contributed by atoms with Crippen LogP contribution in [0.5, 0.6) is 5.75 Å². The van der Waals surface area contributed by atoms with Crippen LogP contribution in [0.1, 0.15) is 12.5 Å². The lowest BCUT2D eigenvalue weighted by Gasteiger charge is -2.13. The zero-order chi connectivity index (χ0) is 19.4. The molecule has 0 spiro atoms. The second-order valence-corrected chi connectivity index (χ2v) is 7.53. The van der Waals surface area contributed by atoms with Gasteiger partial charge in [-0.2, -0.15) is 5.26 Å². The second kappa shape index (κ2) is 7.88. The molecule has 0 bridgehead atoms. The molecule has 0 unspecified atom stereocenters. The van der Waals surface area contributed by atoms with E-state index < -0.39 is 22.1 Å². The average molecular weight is 402 g/mol. The normalized spacial score (nSPS) is 11.7. The number of hydrogen-bond donors (Lipinski definition) is 1. The van der Waals surface area contributed by atoms with Crippen molar-refractivity contribution in [1.82, 2.24) is 0 Å². The predicted molar refractivity (Wildman–Crippen MR) is 91.2 cm³/mol. The zero-order valence-corrected chi connectivity index (χ0v) is 15.0. The molecule has 1 N–H and O–H groups in total. The van der Waals surface area contributed by atoms with Crippen molar-refractivity contribution in [3.05, 3.63) is 48.0 Å². The van der Waals surface area contributed by atoms with Gasteiger partial charge in [-0.3, -0.25) is 4.72 Å². The van der Waals surface area contributed by atoms with Gasteiger partial charge in [0, 0.05) is 4.90 Å². The van der Waals surface area contributed by atoms with Gasteiger partial charge in [0.05, 0.1) is 10.6 Å². The van der Waals surface area contributed by atoms with Crippen LogP contribution in [0.2, 0.25) is 0 Å². The lowest BCUT2D eigenvalue weighted by atomic mass is 10.1. The molecule has 0 aliphatic carbocycles. The Kier molecular flexibility index (Phi) is 6.05. The van der Waals surface area contributed by atoms with Crippen molar-refractivity contribution in [3.63, 3.8) is 0 Å².